The molecule has 5 atom stereocenters. The molecule has 4 heterocycles. The Bertz CT molecular complexity index is 1540. The molecule has 3 aromatic rings. The van der Waals surface area contributed by atoms with Crippen molar-refractivity contribution in [2.24, 2.45) is 5.92 Å². The Morgan fingerprint density at radius 2 is 2.00 bits per heavy atom. The van der Waals surface area contributed by atoms with Crippen LogP contribution in [0.2, 0.25) is 18.6 Å². The van der Waals surface area contributed by atoms with Crippen molar-refractivity contribution in [2.75, 3.05) is 29.5 Å². The first-order chi connectivity index (χ1) is 20.6. The maximum atomic E-state index is 16.2. The third kappa shape index (κ3) is 4.87. The summed E-state index contributed by atoms with van der Waals surface area (Å²) in [4.78, 5) is 29.8. The minimum atomic E-state index is -3.37. The molecule has 0 radical (unpaired) electrons. The molecule has 6 rings (SSSR count). The van der Waals surface area contributed by atoms with E-state index in [9.17, 15) is 14.7 Å². The molecule has 10 nitrogen and oxygen atoms in total. The standard InChI is InChI=1S/C31H36FN5O5Si/c1-5-14-37-25-12-11-22(36-16-17-41-30(36)40)18-23(25)31(29(37)39)20(2)28(43(3,4)32)26(42-31)13-15-35-19-24(33-34-35)27(38)21-9-7-6-8-10-21/h5-12,18-20,26-28,38H,1,13-17H2,2-4H3/t20-,26+,27+,28-,31+/m0/s1. The van der Waals surface area contributed by atoms with Gasteiger partial charge < -0.3 is 23.6 Å². The Balaban J connectivity index is 1.32. The van der Waals surface area contributed by atoms with Gasteiger partial charge in [-0.15, -0.1) is 11.7 Å². The number of nitrogens with zero attached hydrogens (tertiary/aromatic N) is 5. The van der Waals surface area contributed by atoms with Crippen LogP contribution in [-0.2, 0) is 26.4 Å². The van der Waals surface area contributed by atoms with Crippen molar-refractivity contribution in [1.29, 1.82) is 0 Å². The SMILES string of the molecule is C=CCN1C(=O)[C@]2(O[C@H](CCn3cc([C@H](O)c4ccccc4)nn3)[C@@H]([Si](C)(C)F)[C@@H]2C)c2cc(N3CCOC3=O)ccc21. The van der Waals surface area contributed by atoms with Crippen LogP contribution in [0.15, 0.2) is 67.4 Å². The lowest BCUT2D eigenvalue weighted by molar-refractivity contribution is -0.145. The van der Waals surface area contributed by atoms with E-state index in [0.717, 1.165) is 0 Å². The molecule has 0 unspecified atom stereocenters. The van der Waals surface area contributed by atoms with E-state index < -0.39 is 43.8 Å². The zero-order valence-corrected chi connectivity index (χ0v) is 25.5. The highest BCUT2D eigenvalue weighted by molar-refractivity contribution is 6.72. The number of aryl methyl sites for hydroxylation is 1. The maximum Gasteiger partial charge on any atom is 0.414 e. The molecule has 12 heteroatoms. The second kappa shape index (κ2) is 11.0. The third-order valence-corrected chi connectivity index (χ3v) is 11.4. The fourth-order valence-electron chi connectivity index (χ4n) is 7.02. The smallest absolute Gasteiger partial charge is 0.414 e. The molecular weight excluding hydrogens is 569 g/mol. The molecular formula is C31H36FN5O5Si. The van der Waals surface area contributed by atoms with Crippen LogP contribution in [0.5, 0.6) is 0 Å². The number of ether oxygens (including phenoxy) is 2. The number of carbonyl (C=O) groups excluding carboxylic acids is 2. The summed E-state index contributed by atoms with van der Waals surface area (Å²) >= 11 is 0. The predicted molar refractivity (Wildman–Crippen MR) is 161 cm³/mol. The van der Waals surface area contributed by atoms with Crippen LogP contribution in [0.1, 0.15) is 36.3 Å². The fourth-order valence-corrected chi connectivity index (χ4v) is 9.57. The van der Waals surface area contributed by atoms with Crippen LogP contribution in [0.25, 0.3) is 0 Å². The average Bonchev–Trinajstić information content (AvgIpc) is 3.75. The van der Waals surface area contributed by atoms with Gasteiger partial charge in [-0.2, -0.15) is 0 Å². The molecule has 2 fully saturated rings. The van der Waals surface area contributed by atoms with Crippen molar-refractivity contribution in [2.45, 2.75) is 56.3 Å². The highest BCUT2D eigenvalue weighted by Crippen LogP contribution is 2.60. The lowest BCUT2D eigenvalue weighted by Crippen LogP contribution is -2.45. The van der Waals surface area contributed by atoms with Crippen LogP contribution in [0.3, 0.4) is 0 Å². The maximum absolute atomic E-state index is 16.2. The number of aliphatic hydroxyl groups excluding tert-OH is 1. The predicted octanol–water partition coefficient (Wildman–Crippen LogP) is 4.71. The van der Waals surface area contributed by atoms with Crippen molar-refractivity contribution >= 4 is 31.8 Å². The highest BCUT2D eigenvalue weighted by atomic mass is 28.4. The summed E-state index contributed by atoms with van der Waals surface area (Å²) in [7, 11) is -3.37. The van der Waals surface area contributed by atoms with Gasteiger partial charge in [0.25, 0.3) is 5.91 Å². The van der Waals surface area contributed by atoms with Gasteiger partial charge in [0, 0.05) is 35.8 Å². The molecule has 2 saturated heterocycles. The van der Waals surface area contributed by atoms with Crippen molar-refractivity contribution in [3.8, 4) is 0 Å². The monoisotopic (exact) mass is 605 g/mol. The van der Waals surface area contributed by atoms with E-state index in [1.807, 2.05) is 49.4 Å². The molecule has 0 aliphatic carbocycles. The summed E-state index contributed by atoms with van der Waals surface area (Å²) in [6.07, 6.45) is 1.79. The van der Waals surface area contributed by atoms with Gasteiger partial charge in [-0.25, -0.2) is 4.79 Å². The van der Waals surface area contributed by atoms with Crippen molar-refractivity contribution in [3.05, 3.63) is 84.2 Å². The second-order valence-electron chi connectivity index (χ2n) is 12.0. The van der Waals surface area contributed by atoms with Gasteiger partial charge in [-0.1, -0.05) is 48.5 Å². The van der Waals surface area contributed by atoms with Gasteiger partial charge in [0.2, 0.25) is 8.41 Å². The first-order valence-electron chi connectivity index (χ1n) is 14.6. The Kier molecular flexibility index (Phi) is 7.47. The van der Waals surface area contributed by atoms with Gasteiger partial charge in [-0.3, -0.25) is 14.4 Å². The van der Waals surface area contributed by atoms with Crippen molar-refractivity contribution < 1.29 is 28.3 Å². The zero-order chi connectivity index (χ0) is 30.5. The minimum Gasteiger partial charge on any atom is -0.447 e. The molecule has 0 saturated carbocycles. The van der Waals surface area contributed by atoms with Gasteiger partial charge >= 0.3 is 6.09 Å². The number of halogens is 1. The number of hydrogen-bond donors (Lipinski definition) is 1. The molecule has 1 spiro atoms. The zero-order valence-electron chi connectivity index (χ0n) is 24.5. The fraction of sp³-hybridized carbons (Fsp3) is 0.419. The van der Waals surface area contributed by atoms with Gasteiger partial charge in [-0.05, 0) is 43.3 Å². The quantitative estimate of drug-likeness (QED) is 0.214. The van der Waals surface area contributed by atoms with E-state index in [-0.39, 0.29) is 19.1 Å². The number of anilines is 2. The summed E-state index contributed by atoms with van der Waals surface area (Å²) in [5.74, 6) is -0.729. The number of hydrogen-bond acceptors (Lipinski definition) is 7. The summed E-state index contributed by atoms with van der Waals surface area (Å²) < 4.78 is 29.7. The van der Waals surface area contributed by atoms with Crippen molar-refractivity contribution in [1.82, 2.24) is 15.0 Å². The highest BCUT2D eigenvalue weighted by Gasteiger charge is 2.66. The minimum absolute atomic E-state index is 0.254. The van der Waals surface area contributed by atoms with E-state index in [1.54, 1.807) is 41.0 Å². The number of fused-ring (bicyclic) bond motifs is 2. The van der Waals surface area contributed by atoms with E-state index >= 15 is 4.11 Å². The average molecular weight is 606 g/mol. The Hall–Kier alpha value is -3.87. The number of benzene rings is 2. The molecule has 0 bridgehead atoms. The van der Waals surface area contributed by atoms with Crippen LogP contribution < -0.4 is 9.80 Å². The molecule has 1 aromatic heterocycles. The van der Waals surface area contributed by atoms with Crippen LogP contribution in [-0.4, -0.2) is 66.3 Å². The molecule has 1 N–H and O–H groups in total. The third-order valence-electron chi connectivity index (χ3n) is 8.92. The molecule has 226 valence electrons. The molecule has 2 amide bonds. The summed E-state index contributed by atoms with van der Waals surface area (Å²) in [5.41, 5.74) is 1.11. The van der Waals surface area contributed by atoms with Crippen molar-refractivity contribution in [3.63, 3.8) is 0 Å². The van der Waals surface area contributed by atoms with Crippen LogP contribution in [0, 0.1) is 5.92 Å². The molecule has 43 heavy (non-hydrogen) atoms. The molecule has 3 aliphatic heterocycles. The van der Waals surface area contributed by atoms with E-state index in [0.29, 0.717) is 47.7 Å². The van der Waals surface area contributed by atoms with Gasteiger partial charge in [0.05, 0.1) is 24.5 Å². The number of aliphatic hydroxyl groups is 1. The molecule has 2 aromatic carbocycles. The normalized spacial score (nSPS) is 25.8. The summed E-state index contributed by atoms with van der Waals surface area (Å²) in [5, 5.41) is 19.1. The summed E-state index contributed by atoms with van der Waals surface area (Å²) in [6, 6.07) is 14.6. The van der Waals surface area contributed by atoms with Crippen LogP contribution in [0.4, 0.5) is 20.3 Å². The van der Waals surface area contributed by atoms with E-state index in [2.05, 4.69) is 16.9 Å². The second-order valence-corrected chi connectivity index (χ2v) is 15.7. The largest absolute Gasteiger partial charge is 0.447 e. The Morgan fingerprint density at radius 3 is 2.67 bits per heavy atom. The number of cyclic esters (lactones) is 1. The first-order valence-corrected chi connectivity index (χ1v) is 17.5. The lowest BCUT2D eigenvalue weighted by atomic mass is 9.82. The first kappa shape index (κ1) is 29.2. The van der Waals surface area contributed by atoms with Gasteiger partial charge in [0.1, 0.15) is 18.4 Å². The molecule has 3 aliphatic rings. The number of amides is 2. The van der Waals surface area contributed by atoms with E-state index in [4.69, 9.17) is 9.47 Å². The van der Waals surface area contributed by atoms with Crippen LogP contribution >= 0.6 is 0 Å². The van der Waals surface area contributed by atoms with Gasteiger partial charge in [0.15, 0.2) is 5.60 Å². The number of carbonyl (C=O) groups is 2. The Labute approximate surface area is 250 Å². The summed E-state index contributed by atoms with van der Waals surface area (Å²) in [6.45, 7) is 10.4. The number of aromatic nitrogens is 3. The lowest BCUT2D eigenvalue weighted by Gasteiger charge is -2.31. The topological polar surface area (TPSA) is 110 Å². The number of rotatable bonds is 9. The van der Waals surface area contributed by atoms with E-state index in [1.165, 1.54) is 4.90 Å². The Morgan fingerprint density at radius 1 is 1.23 bits per heavy atom.